The average Bonchev–Trinajstić information content (AvgIpc) is 2.72. The zero-order valence-corrected chi connectivity index (χ0v) is 25.3. The van der Waals surface area contributed by atoms with Crippen molar-refractivity contribution in [2.75, 3.05) is 0 Å². The molecule has 3 fully saturated rings. The third-order valence-electron chi connectivity index (χ3n) is 9.68. The van der Waals surface area contributed by atoms with Gasteiger partial charge in [0.1, 0.15) is 0 Å². The third-order valence-corrected chi connectivity index (χ3v) is 11.3. The van der Waals surface area contributed by atoms with E-state index in [0.717, 1.165) is 38.5 Å². The molecule has 4 nitrogen and oxygen atoms in total. The standard InChI is InChI=1S/C30H57O4P/c1-19(2)25-13-10-22(7)16-28(25)32-35(31,33-29-17-23(8)11-14-26(29)20(3)4)34-30-18-24(9)12-15-27(30)21(5)6/h19-30H,10-18H2,1-9H3. The maximum Gasteiger partial charge on any atom is 0.475 e. The van der Waals surface area contributed by atoms with Crippen LogP contribution in [-0.4, -0.2) is 18.3 Å². The molecule has 0 aromatic rings. The monoisotopic (exact) mass is 512 g/mol. The van der Waals surface area contributed by atoms with Gasteiger partial charge in [0, 0.05) is 0 Å². The molecule has 0 bridgehead atoms. The first kappa shape index (κ1) is 29.7. The van der Waals surface area contributed by atoms with Crippen LogP contribution >= 0.6 is 7.82 Å². The van der Waals surface area contributed by atoms with Gasteiger partial charge in [0.05, 0.1) is 18.3 Å². The highest BCUT2D eigenvalue weighted by atomic mass is 31.2. The van der Waals surface area contributed by atoms with Crippen LogP contribution in [0.2, 0.25) is 0 Å². The molecule has 0 amide bonds. The van der Waals surface area contributed by atoms with Crippen LogP contribution in [-0.2, 0) is 18.1 Å². The summed E-state index contributed by atoms with van der Waals surface area (Å²) in [6.07, 6.45) is 9.74. The van der Waals surface area contributed by atoms with Gasteiger partial charge in [-0.25, -0.2) is 4.57 Å². The second-order valence-electron chi connectivity index (χ2n) is 13.9. The molecule has 0 saturated heterocycles. The minimum Gasteiger partial charge on any atom is -0.283 e. The third kappa shape index (κ3) is 8.05. The van der Waals surface area contributed by atoms with Crippen LogP contribution < -0.4 is 0 Å². The molecule has 0 radical (unpaired) electrons. The van der Waals surface area contributed by atoms with Crippen LogP contribution in [0.1, 0.15) is 120 Å². The van der Waals surface area contributed by atoms with E-state index in [9.17, 15) is 4.57 Å². The summed E-state index contributed by atoms with van der Waals surface area (Å²) in [6.45, 7) is 20.6. The summed E-state index contributed by atoms with van der Waals surface area (Å²) >= 11 is 0. The van der Waals surface area contributed by atoms with Crippen LogP contribution in [0.15, 0.2) is 0 Å². The zero-order chi connectivity index (χ0) is 25.9. The lowest BCUT2D eigenvalue weighted by Crippen LogP contribution is -2.39. The van der Waals surface area contributed by atoms with Crippen molar-refractivity contribution in [1.82, 2.24) is 0 Å². The Labute approximate surface area is 217 Å². The minimum atomic E-state index is -3.74. The van der Waals surface area contributed by atoms with Gasteiger partial charge in [-0.1, -0.05) is 81.6 Å². The molecule has 3 aliphatic rings. The van der Waals surface area contributed by atoms with Crippen LogP contribution in [0, 0.1) is 53.3 Å². The SMILES string of the molecule is CC1CCC(C(C)C)C(OP(=O)(OC2CC(C)CCC2C(C)C)OC2CC(C)CCC2C(C)C)C1. The van der Waals surface area contributed by atoms with Crippen LogP contribution in [0.25, 0.3) is 0 Å². The average molecular weight is 513 g/mol. The molecule has 0 N–H and O–H groups in total. The molecular formula is C30H57O4P. The number of rotatable bonds is 9. The molecule has 5 heteroatoms. The molecule has 206 valence electrons. The van der Waals surface area contributed by atoms with Gasteiger partial charge in [-0.3, -0.25) is 13.6 Å². The molecule has 3 aliphatic carbocycles. The largest absolute Gasteiger partial charge is 0.475 e. The summed E-state index contributed by atoms with van der Waals surface area (Å²) in [7, 11) is -3.74. The fraction of sp³-hybridized carbons (Fsp3) is 1.00. The molecule has 0 spiro atoms. The van der Waals surface area contributed by atoms with E-state index in [2.05, 4.69) is 62.3 Å². The van der Waals surface area contributed by atoms with Gasteiger partial charge in [-0.15, -0.1) is 0 Å². The van der Waals surface area contributed by atoms with Crippen molar-refractivity contribution >= 4 is 7.82 Å². The quantitative estimate of drug-likeness (QED) is 0.289. The number of phosphoric ester groups is 1. The van der Waals surface area contributed by atoms with E-state index in [1.165, 1.54) is 19.3 Å². The minimum absolute atomic E-state index is 0.0541. The lowest BCUT2D eigenvalue weighted by Gasteiger charge is -2.43. The van der Waals surface area contributed by atoms with Gasteiger partial charge in [0.25, 0.3) is 0 Å². The second-order valence-corrected chi connectivity index (χ2v) is 15.4. The van der Waals surface area contributed by atoms with Crippen molar-refractivity contribution in [3.8, 4) is 0 Å². The summed E-state index contributed by atoms with van der Waals surface area (Å²) in [5.74, 6) is 4.46. The zero-order valence-electron chi connectivity index (χ0n) is 24.4. The van der Waals surface area contributed by atoms with Crippen molar-refractivity contribution in [2.24, 2.45) is 53.3 Å². The van der Waals surface area contributed by atoms with Gasteiger partial charge in [0.15, 0.2) is 0 Å². The first-order valence-electron chi connectivity index (χ1n) is 15.0. The molecule has 9 atom stereocenters. The molecule has 0 aliphatic heterocycles. The Kier molecular flexibility index (Phi) is 10.8. The molecule has 0 aromatic carbocycles. The van der Waals surface area contributed by atoms with E-state index in [1.54, 1.807) is 0 Å². The highest BCUT2D eigenvalue weighted by molar-refractivity contribution is 7.48. The lowest BCUT2D eigenvalue weighted by molar-refractivity contribution is -0.0574. The van der Waals surface area contributed by atoms with E-state index in [0.29, 0.717) is 53.3 Å². The van der Waals surface area contributed by atoms with Gasteiger partial charge >= 0.3 is 7.82 Å². The smallest absolute Gasteiger partial charge is 0.283 e. The number of phosphoric acid groups is 1. The molecular weight excluding hydrogens is 455 g/mol. The van der Waals surface area contributed by atoms with E-state index in [-0.39, 0.29) is 18.3 Å². The topological polar surface area (TPSA) is 44.8 Å². The molecule has 3 rings (SSSR count). The van der Waals surface area contributed by atoms with Crippen molar-refractivity contribution in [3.63, 3.8) is 0 Å². The van der Waals surface area contributed by atoms with Crippen LogP contribution in [0.5, 0.6) is 0 Å². The lowest BCUT2D eigenvalue weighted by atomic mass is 9.75. The fourth-order valence-corrected chi connectivity index (χ4v) is 9.15. The van der Waals surface area contributed by atoms with E-state index in [1.807, 2.05) is 0 Å². The molecule has 0 aromatic heterocycles. The summed E-state index contributed by atoms with van der Waals surface area (Å²) in [6, 6.07) is 0. The highest BCUT2D eigenvalue weighted by Gasteiger charge is 2.46. The second kappa shape index (κ2) is 12.8. The van der Waals surface area contributed by atoms with Gasteiger partial charge in [-0.05, 0) is 91.8 Å². The van der Waals surface area contributed by atoms with Crippen LogP contribution in [0.3, 0.4) is 0 Å². The first-order chi connectivity index (χ1) is 16.4. The van der Waals surface area contributed by atoms with Crippen LogP contribution in [0.4, 0.5) is 0 Å². The predicted molar refractivity (Wildman–Crippen MR) is 146 cm³/mol. The first-order valence-corrected chi connectivity index (χ1v) is 16.5. The Balaban J connectivity index is 1.89. The Morgan fingerprint density at radius 2 is 0.771 bits per heavy atom. The summed E-state index contributed by atoms with van der Waals surface area (Å²) in [4.78, 5) is 0. The Morgan fingerprint density at radius 1 is 0.514 bits per heavy atom. The Hall–Kier alpha value is 0.110. The molecule has 0 heterocycles. The maximum absolute atomic E-state index is 14.8. The molecule has 3 saturated carbocycles. The van der Waals surface area contributed by atoms with Gasteiger partial charge < -0.3 is 0 Å². The summed E-state index contributed by atoms with van der Waals surface area (Å²) in [5, 5.41) is 0. The summed E-state index contributed by atoms with van der Waals surface area (Å²) < 4.78 is 34.8. The van der Waals surface area contributed by atoms with E-state index in [4.69, 9.17) is 13.6 Å². The van der Waals surface area contributed by atoms with E-state index < -0.39 is 7.82 Å². The maximum atomic E-state index is 14.8. The van der Waals surface area contributed by atoms with Crippen molar-refractivity contribution in [1.29, 1.82) is 0 Å². The Bertz CT molecular complexity index is 602. The summed E-state index contributed by atoms with van der Waals surface area (Å²) in [5.41, 5.74) is 0. The normalized spacial score (nSPS) is 40.9. The molecule has 35 heavy (non-hydrogen) atoms. The van der Waals surface area contributed by atoms with Crippen molar-refractivity contribution in [3.05, 3.63) is 0 Å². The highest BCUT2D eigenvalue weighted by Crippen LogP contribution is 2.59. The van der Waals surface area contributed by atoms with Gasteiger partial charge in [-0.2, -0.15) is 0 Å². The van der Waals surface area contributed by atoms with Crippen molar-refractivity contribution in [2.45, 2.75) is 138 Å². The number of hydrogen-bond acceptors (Lipinski definition) is 4. The fourth-order valence-electron chi connectivity index (χ4n) is 7.28. The van der Waals surface area contributed by atoms with Crippen molar-refractivity contribution < 1.29 is 18.1 Å². The number of hydrogen-bond donors (Lipinski definition) is 0. The molecule has 9 unspecified atom stereocenters. The Morgan fingerprint density at radius 3 is 1.00 bits per heavy atom. The van der Waals surface area contributed by atoms with E-state index >= 15 is 0 Å². The van der Waals surface area contributed by atoms with Gasteiger partial charge in [0.2, 0.25) is 0 Å². The predicted octanol–water partition coefficient (Wildman–Crippen LogP) is 9.53.